The van der Waals surface area contributed by atoms with Crippen LogP contribution >= 0.6 is 0 Å². The topological polar surface area (TPSA) is 21.7 Å². The number of rotatable bonds is 6. The van der Waals surface area contributed by atoms with Crippen LogP contribution in [-0.2, 0) is 9.47 Å². The molecule has 1 saturated carbocycles. The van der Waals surface area contributed by atoms with E-state index in [2.05, 4.69) is 39.5 Å². The lowest BCUT2D eigenvalue weighted by molar-refractivity contribution is -0.0802. The molecule has 1 aliphatic heterocycles. The van der Waals surface area contributed by atoms with E-state index in [0.29, 0.717) is 11.5 Å². The van der Waals surface area contributed by atoms with Crippen LogP contribution in [0.3, 0.4) is 0 Å². The maximum Gasteiger partial charge on any atom is 0.0645 e. The summed E-state index contributed by atoms with van der Waals surface area (Å²) in [5, 5.41) is 0. The standard InChI is InChI=1S/C18H35NO2/c1-17(2,3)19-10-12-21-14-16(19)13-20-11-9-18(4,5)15-7-6-8-15/h15-16H,6-14H2,1-5H3/t16-/m0/s1. The molecule has 3 nitrogen and oxygen atoms in total. The molecule has 0 unspecified atom stereocenters. The van der Waals surface area contributed by atoms with Crippen molar-refractivity contribution in [3.05, 3.63) is 0 Å². The van der Waals surface area contributed by atoms with Gasteiger partial charge in [-0.05, 0) is 51.4 Å². The van der Waals surface area contributed by atoms with Gasteiger partial charge in [-0.3, -0.25) is 4.90 Å². The molecule has 2 rings (SSSR count). The highest BCUT2D eigenvalue weighted by Gasteiger charge is 2.34. The lowest BCUT2D eigenvalue weighted by Gasteiger charge is -2.44. The Morgan fingerprint density at radius 3 is 2.43 bits per heavy atom. The average Bonchev–Trinajstić information content (AvgIpc) is 2.31. The number of nitrogens with zero attached hydrogens (tertiary/aromatic N) is 1. The van der Waals surface area contributed by atoms with Crippen molar-refractivity contribution in [2.75, 3.05) is 33.0 Å². The van der Waals surface area contributed by atoms with Crippen molar-refractivity contribution < 1.29 is 9.47 Å². The van der Waals surface area contributed by atoms with Gasteiger partial charge in [0.05, 0.1) is 25.9 Å². The molecule has 0 aromatic rings. The molecule has 0 bridgehead atoms. The van der Waals surface area contributed by atoms with Gasteiger partial charge in [0.25, 0.3) is 0 Å². The largest absolute Gasteiger partial charge is 0.380 e. The van der Waals surface area contributed by atoms with Gasteiger partial charge in [-0.15, -0.1) is 0 Å². The summed E-state index contributed by atoms with van der Waals surface area (Å²) >= 11 is 0. The SMILES string of the molecule is CC(C)(CCOC[C@H]1COCCN1C(C)(C)C)C1CCC1. The first-order chi connectivity index (χ1) is 9.81. The molecule has 21 heavy (non-hydrogen) atoms. The summed E-state index contributed by atoms with van der Waals surface area (Å²) in [4.78, 5) is 2.54. The minimum Gasteiger partial charge on any atom is -0.380 e. The van der Waals surface area contributed by atoms with Gasteiger partial charge in [-0.25, -0.2) is 0 Å². The second-order valence-electron chi connectivity index (χ2n) is 8.53. The van der Waals surface area contributed by atoms with Gasteiger partial charge in [-0.1, -0.05) is 20.3 Å². The molecule has 1 heterocycles. The van der Waals surface area contributed by atoms with E-state index in [1.807, 2.05) is 0 Å². The third kappa shape index (κ3) is 4.67. The Morgan fingerprint density at radius 2 is 1.86 bits per heavy atom. The van der Waals surface area contributed by atoms with Crippen LogP contribution in [0.25, 0.3) is 0 Å². The Balaban J connectivity index is 1.71. The first-order valence-electron chi connectivity index (χ1n) is 8.73. The molecule has 1 atom stereocenters. The fraction of sp³-hybridized carbons (Fsp3) is 1.00. The van der Waals surface area contributed by atoms with Crippen molar-refractivity contribution in [3.8, 4) is 0 Å². The zero-order valence-corrected chi connectivity index (χ0v) is 14.8. The zero-order chi connectivity index (χ0) is 15.5. The summed E-state index contributed by atoms with van der Waals surface area (Å²) in [6, 6.07) is 0.408. The first-order valence-corrected chi connectivity index (χ1v) is 8.73. The number of hydrogen-bond acceptors (Lipinski definition) is 3. The Bertz CT molecular complexity index is 318. The van der Waals surface area contributed by atoms with Gasteiger partial charge in [-0.2, -0.15) is 0 Å². The van der Waals surface area contributed by atoms with Crippen molar-refractivity contribution in [3.63, 3.8) is 0 Å². The Morgan fingerprint density at radius 1 is 1.14 bits per heavy atom. The zero-order valence-electron chi connectivity index (χ0n) is 14.8. The Kier molecular flexibility index (Phi) is 5.72. The lowest BCUT2D eigenvalue weighted by atomic mass is 9.66. The molecule has 2 aliphatic rings. The third-order valence-electron chi connectivity index (χ3n) is 5.50. The molecule has 0 aromatic carbocycles. The van der Waals surface area contributed by atoms with Crippen LogP contribution in [-0.4, -0.2) is 49.5 Å². The minimum absolute atomic E-state index is 0.197. The van der Waals surface area contributed by atoms with E-state index >= 15 is 0 Å². The molecule has 0 N–H and O–H groups in total. The molecule has 0 aromatic heterocycles. The van der Waals surface area contributed by atoms with Gasteiger partial charge >= 0.3 is 0 Å². The highest BCUT2D eigenvalue weighted by Crippen LogP contribution is 2.43. The predicted molar refractivity (Wildman–Crippen MR) is 87.6 cm³/mol. The van der Waals surface area contributed by atoms with Crippen molar-refractivity contribution >= 4 is 0 Å². The Labute approximate surface area is 131 Å². The van der Waals surface area contributed by atoms with E-state index in [-0.39, 0.29) is 5.54 Å². The van der Waals surface area contributed by atoms with Gasteiger partial charge < -0.3 is 9.47 Å². The minimum atomic E-state index is 0.197. The maximum atomic E-state index is 6.03. The van der Waals surface area contributed by atoms with Crippen LogP contribution in [0.4, 0.5) is 0 Å². The monoisotopic (exact) mass is 297 g/mol. The van der Waals surface area contributed by atoms with Crippen LogP contribution in [0.15, 0.2) is 0 Å². The second kappa shape index (κ2) is 6.97. The molecule has 1 saturated heterocycles. The summed E-state index contributed by atoms with van der Waals surface area (Å²) in [7, 11) is 0. The third-order valence-corrected chi connectivity index (χ3v) is 5.50. The molecule has 0 amide bonds. The molecule has 0 radical (unpaired) electrons. The average molecular weight is 297 g/mol. The van der Waals surface area contributed by atoms with Gasteiger partial charge in [0.2, 0.25) is 0 Å². The van der Waals surface area contributed by atoms with Crippen molar-refractivity contribution in [1.82, 2.24) is 4.90 Å². The lowest BCUT2D eigenvalue weighted by Crippen LogP contribution is -2.56. The van der Waals surface area contributed by atoms with E-state index in [1.165, 1.54) is 25.7 Å². The summed E-state index contributed by atoms with van der Waals surface area (Å²) < 4.78 is 11.7. The molecular weight excluding hydrogens is 262 g/mol. The van der Waals surface area contributed by atoms with Crippen LogP contribution in [0.1, 0.15) is 60.3 Å². The van der Waals surface area contributed by atoms with E-state index in [0.717, 1.165) is 38.9 Å². The maximum absolute atomic E-state index is 6.03. The smallest absolute Gasteiger partial charge is 0.0645 e. The van der Waals surface area contributed by atoms with E-state index in [9.17, 15) is 0 Å². The van der Waals surface area contributed by atoms with Crippen molar-refractivity contribution in [1.29, 1.82) is 0 Å². The Hall–Kier alpha value is -0.120. The van der Waals surface area contributed by atoms with Gasteiger partial charge in [0.1, 0.15) is 0 Å². The number of ether oxygens (including phenoxy) is 2. The van der Waals surface area contributed by atoms with Crippen molar-refractivity contribution in [2.24, 2.45) is 11.3 Å². The highest BCUT2D eigenvalue weighted by atomic mass is 16.5. The van der Waals surface area contributed by atoms with Gasteiger partial charge in [0.15, 0.2) is 0 Å². The fourth-order valence-corrected chi connectivity index (χ4v) is 3.62. The van der Waals surface area contributed by atoms with Crippen LogP contribution in [0.2, 0.25) is 0 Å². The molecule has 0 spiro atoms. The molecule has 3 heteroatoms. The quantitative estimate of drug-likeness (QED) is 0.698. The van der Waals surface area contributed by atoms with Crippen LogP contribution < -0.4 is 0 Å². The van der Waals surface area contributed by atoms with E-state index < -0.39 is 0 Å². The molecule has 1 aliphatic carbocycles. The van der Waals surface area contributed by atoms with E-state index in [1.54, 1.807) is 0 Å². The summed E-state index contributed by atoms with van der Waals surface area (Å²) in [6.07, 6.45) is 5.44. The number of hydrogen-bond donors (Lipinski definition) is 0. The molecule has 2 fully saturated rings. The van der Waals surface area contributed by atoms with Crippen LogP contribution in [0, 0.1) is 11.3 Å². The summed E-state index contributed by atoms with van der Waals surface area (Å²) in [6.45, 7) is 16.0. The second-order valence-corrected chi connectivity index (χ2v) is 8.53. The van der Waals surface area contributed by atoms with Crippen molar-refractivity contribution in [2.45, 2.75) is 71.9 Å². The highest BCUT2D eigenvalue weighted by molar-refractivity contribution is 4.86. The van der Waals surface area contributed by atoms with E-state index in [4.69, 9.17) is 9.47 Å². The van der Waals surface area contributed by atoms with Crippen LogP contribution in [0.5, 0.6) is 0 Å². The molecule has 124 valence electrons. The summed E-state index contributed by atoms with van der Waals surface area (Å²) in [5.41, 5.74) is 0.647. The summed E-state index contributed by atoms with van der Waals surface area (Å²) in [5.74, 6) is 0.921. The first kappa shape index (κ1) is 17.2. The normalized spacial score (nSPS) is 25.9. The number of morpholine rings is 1. The van der Waals surface area contributed by atoms with Gasteiger partial charge in [0, 0.05) is 18.7 Å². The fourth-order valence-electron chi connectivity index (χ4n) is 3.62. The molecular formula is C18H35NO2. The predicted octanol–water partition coefficient (Wildman–Crippen LogP) is 3.72.